The number of amides is 1. The Labute approximate surface area is 170 Å². The molecular formula is C22H26N4O3. The van der Waals surface area contributed by atoms with E-state index in [0.29, 0.717) is 18.4 Å². The number of hydrogen-bond donors (Lipinski definition) is 0. The maximum Gasteiger partial charge on any atom is 0.338 e. The van der Waals surface area contributed by atoms with Crippen molar-refractivity contribution in [3.8, 4) is 11.8 Å². The van der Waals surface area contributed by atoms with Gasteiger partial charge < -0.3 is 9.64 Å². The van der Waals surface area contributed by atoms with Gasteiger partial charge in [-0.1, -0.05) is 19.3 Å². The molecule has 7 nitrogen and oxygen atoms in total. The maximum absolute atomic E-state index is 12.5. The Morgan fingerprint density at radius 3 is 2.41 bits per heavy atom. The van der Waals surface area contributed by atoms with Crippen LogP contribution in [0.15, 0.2) is 30.3 Å². The molecule has 0 unspecified atom stereocenters. The fourth-order valence-corrected chi connectivity index (χ4v) is 3.83. The molecular weight excluding hydrogens is 368 g/mol. The molecule has 1 aliphatic rings. The molecule has 0 radical (unpaired) electrons. The van der Waals surface area contributed by atoms with Gasteiger partial charge in [0, 0.05) is 12.7 Å². The fourth-order valence-electron chi connectivity index (χ4n) is 3.83. The lowest BCUT2D eigenvalue weighted by molar-refractivity contribution is -0.138. The standard InChI is InChI=1S/C22H26N4O3/c1-16-13-17(2)26(24-16)19-9-7-18(8-10-19)21(28)29-14-20(27)25(3)22(15-23)11-5-4-6-12-22/h7-10,13H,4-6,11-12,14H2,1-3H3. The van der Waals surface area contributed by atoms with Crippen molar-refractivity contribution in [1.82, 2.24) is 14.7 Å². The summed E-state index contributed by atoms with van der Waals surface area (Å²) in [5.41, 5.74) is 2.33. The molecule has 1 saturated carbocycles. The lowest BCUT2D eigenvalue weighted by Gasteiger charge is -2.38. The van der Waals surface area contributed by atoms with Crippen LogP contribution in [0.25, 0.3) is 5.69 Å². The van der Waals surface area contributed by atoms with Gasteiger partial charge in [0.2, 0.25) is 0 Å². The average molecular weight is 394 g/mol. The summed E-state index contributed by atoms with van der Waals surface area (Å²) in [4.78, 5) is 26.3. The topological polar surface area (TPSA) is 88.2 Å². The smallest absolute Gasteiger partial charge is 0.338 e. The lowest BCUT2D eigenvalue weighted by atomic mass is 9.81. The number of rotatable bonds is 5. The Morgan fingerprint density at radius 2 is 1.86 bits per heavy atom. The highest BCUT2D eigenvalue weighted by Gasteiger charge is 2.39. The highest BCUT2D eigenvalue weighted by atomic mass is 16.5. The molecule has 0 saturated heterocycles. The van der Waals surface area contributed by atoms with Crippen LogP contribution >= 0.6 is 0 Å². The van der Waals surface area contributed by atoms with Crippen molar-refractivity contribution in [3.63, 3.8) is 0 Å². The number of carbonyl (C=O) groups excluding carboxylic acids is 2. The second kappa shape index (κ2) is 8.48. The number of ether oxygens (including phenoxy) is 1. The van der Waals surface area contributed by atoms with Gasteiger partial charge in [0.1, 0.15) is 5.54 Å². The van der Waals surface area contributed by atoms with Crippen LogP contribution in [-0.4, -0.2) is 45.8 Å². The number of nitrogens with zero attached hydrogens (tertiary/aromatic N) is 4. The van der Waals surface area contributed by atoms with Crippen molar-refractivity contribution in [2.24, 2.45) is 0 Å². The second-order valence-corrected chi connectivity index (χ2v) is 7.62. The summed E-state index contributed by atoms with van der Waals surface area (Å²) in [5, 5.41) is 14.0. The van der Waals surface area contributed by atoms with Crippen molar-refractivity contribution in [2.45, 2.75) is 51.5 Å². The Hall–Kier alpha value is -3.14. The monoisotopic (exact) mass is 394 g/mol. The zero-order valence-electron chi connectivity index (χ0n) is 17.1. The molecule has 0 N–H and O–H groups in total. The van der Waals surface area contributed by atoms with Gasteiger partial charge in [-0.05, 0) is 57.0 Å². The molecule has 29 heavy (non-hydrogen) atoms. The quantitative estimate of drug-likeness (QED) is 0.726. The van der Waals surface area contributed by atoms with Crippen molar-refractivity contribution in [1.29, 1.82) is 5.26 Å². The lowest BCUT2D eigenvalue weighted by Crippen LogP contribution is -2.51. The third-order valence-corrected chi connectivity index (χ3v) is 5.59. The highest BCUT2D eigenvalue weighted by Crippen LogP contribution is 2.32. The third kappa shape index (κ3) is 4.32. The van der Waals surface area contributed by atoms with Gasteiger partial charge in [0.05, 0.1) is 23.0 Å². The summed E-state index contributed by atoms with van der Waals surface area (Å²) in [5.74, 6) is -0.928. The number of nitriles is 1. The molecule has 1 amide bonds. The van der Waals surface area contributed by atoms with Crippen molar-refractivity contribution < 1.29 is 14.3 Å². The summed E-state index contributed by atoms with van der Waals surface area (Å²) in [6.45, 7) is 3.51. The number of benzene rings is 1. The first kappa shape index (κ1) is 20.6. The minimum absolute atomic E-state index is 0.360. The molecule has 1 aliphatic carbocycles. The normalized spacial score (nSPS) is 15.4. The van der Waals surface area contributed by atoms with Crippen LogP contribution < -0.4 is 0 Å². The van der Waals surface area contributed by atoms with E-state index in [0.717, 1.165) is 36.3 Å². The van der Waals surface area contributed by atoms with Gasteiger partial charge in [0.25, 0.3) is 5.91 Å². The van der Waals surface area contributed by atoms with Gasteiger partial charge in [-0.25, -0.2) is 9.48 Å². The van der Waals surface area contributed by atoms with E-state index < -0.39 is 11.5 Å². The van der Waals surface area contributed by atoms with Gasteiger partial charge in [-0.2, -0.15) is 10.4 Å². The highest BCUT2D eigenvalue weighted by molar-refractivity contribution is 5.91. The Kier molecular flexibility index (Phi) is 6.02. The molecule has 2 aromatic rings. The first-order valence-electron chi connectivity index (χ1n) is 9.85. The van der Waals surface area contributed by atoms with E-state index in [1.165, 1.54) is 4.90 Å². The summed E-state index contributed by atoms with van der Waals surface area (Å²) in [6.07, 6.45) is 4.24. The van der Waals surface area contributed by atoms with Crippen LogP contribution in [0.5, 0.6) is 0 Å². The van der Waals surface area contributed by atoms with Crippen molar-refractivity contribution in [2.75, 3.05) is 13.7 Å². The molecule has 1 heterocycles. The van der Waals surface area contributed by atoms with Crippen LogP contribution in [-0.2, 0) is 9.53 Å². The molecule has 0 spiro atoms. The van der Waals surface area contributed by atoms with E-state index >= 15 is 0 Å². The second-order valence-electron chi connectivity index (χ2n) is 7.62. The van der Waals surface area contributed by atoms with Crippen molar-refractivity contribution >= 4 is 11.9 Å². The average Bonchev–Trinajstić information content (AvgIpc) is 3.09. The van der Waals surface area contributed by atoms with Crippen LogP contribution in [0.1, 0.15) is 53.8 Å². The first-order valence-corrected chi connectivity index (χ1v) is 9.85. The van der Waals surface area contributed by atoms with E-state index in [1.807, 2.05) is 19.9 Å². The van der Waals surface area contributed by atoms with Crippen molar-refractivity contribution in [3.05, 3.63) is 47.3 Å². The molecule has 7 heteroatoms. The summed E-state index contributed by atoms with van der Waals surface area (Å²) >= 11 is 0. The minimum atomic E-state index is -0.789. The molecule has 1 aromatic carbocycles. The number of aryl methyl sites for hydroxylation is 2. The predicted octanol–water partition coefficient (Wildman–Crippen LogP) is 3.33. The Bertz CT molecular complexity index is 934. The molecule has 152 valence electrons. The zero-order valence-corrected chi connectivity index (χ0v) is 17.1. The SMILES string of the molecule is Cc1cc(C)n(-c2ccc(C(=O)OCC(=O)N(C)C3(C#N)CCCCC3)cc2)n1. The molecule has 3 rings (SSSR count). The molecule has 0 atom stereocenters. The molecule has 0 aliphatic heterocycles. The van der Waals surface area contributed by atoms with E-state index in [1.54, 1.807) is 36.0 Å². The Balaban J connectivity index is 1.61. The first-order chi connectivity index (χ1) is 13.9. The van der Waals surface area contributed by atoms with E-state index in [4.69, 9.17) is 4.74 Å². The number of aromatic nitrogens is 2. The van der Waals surface area contributed by atoms with E-state index in [-0.39, 0.29) is 12.5 Å². The number of hydrogen-bond acceptors (Lipinski definition) is 5. The predicted molar refractivity (Wildman–Crippen MR) is 108 cm³/mol. The fraction of sp³-hybridized carbons (Fsp3) is 0.455. The molecule has 1 aromatic heterocycles. The van der Waals surface area contributed by atoms with Gasteiger partial charge in [-0.3, -0.25) is 4.79 Å². The van der Waals surface area contributed by atoms with E-state index in [2.05, 4.69) is 11.2 Å². The summed E-state index contributed by atoms with van der Waals surface area (Å²) < 4.78 is 7.00. The Morgan fingerprint density at radius 1 is 1.21 bits per heavy atom. The number of likely N-dealkylation sites (N-methyl/N-ethyl adjacent to an activating group) is 1. The summed E-state index contributed by atoms with van der Waals surface area (Å²) in [7, 11) is 1.62. The molecule has 0 bridgehead atoms. The number of esters is 1. The van der Waals surface area contributed by atoms with Gasteiger partial charge >= 0.3 is 5.97 Å². The third-order valence-electron chi connectivity index (χ3n) is 5.59. The van der Waals surface area contributed by atoms with E-state index in [9.17, 15) is 14.9 Å². The largest absolute Gasteiger partial charge is 0.452 e. The van der Waals surface area contributed by atoms with Crippen LogP contribution in [0.4, 0.5) is 0 Å². The minimum Gasteiger partial charge on any atom is -0.452 e. The van der Waals surface area contributed by atoms with Gasteiger partial charge in [0.15, 0.2) is 6.61 Å². The summed E-state index contributed by atoms with van der Waals surface area (Å²) in [6, 6.07) is 11.2. The maximum atomic E-state index is 12.5. The van der Waals surface area contributed by atoms with Crippen LogP contribution in [0.2, 0.25) is 0 Å². The zero-order chi connectivity index (χ0) is 21.0. The van der Waals surface area contributed by atoms with Crippen LogP contribution in [0.3, 0.4) is 0 Å². The molecule has 1 fully saturated rings. The van der Waals surface area contributed by atoms with Crippen LogP contribution in [0, 0.1) is 25.2 Å². The van der Waals surface area contributed by atoms with Gasteiger partial charge in [-0.15, -0.1) is 0 Å². The number of carbonyl (C=O) groups is 2.